The molecule has 120 valence electrons. The fourth-order valence-electron chi connectivity index (χ4n) is 4.54. The van der Waals surface area contributed by atoms with Gasteiger partial charge >= 0.3 is 0 Å². The van der Waals surface area contributed by atoms with Crippen LogP contribution in [0.25, 0.3) is 10.8 Å². The molecule has 4 rings (SSSR count). The highest BCUT2D eigenvalue weighted by molar-refractivity contribution is 5.85. The summed E-state index contributed by atoms with van der Waals surface area (Å²) in [4.78, 5) is 12.6. The van der Waals surface area contributed by atoms with Crippen LogP contribution in [0.5, 0.6) is 0 Å². The van der Waals surface area contributed by atoms with Crippen molar-refractivity contribution in [1.82, 2.24) is 5.32 Å². The van der Waals surface area contributed by atoms with Crippen LogP contribution in [0.4, 0.5) is 0 Å². The van der Waals surface area contributed by atoms with Crippen molar-refractivity contribution in [2.75, 3.05) is 0 Å². The zero-order chi connectivity index (χ0) is 16.0. The molecule has 2 saturated heterocycles. The standard InChI is InChI=1S/C20H23NO2/c1-2-17(22)19-16(10-15-11-18(23)20(19)21-15)14-8-7-12-5-3-4-6-13(12)9-14/h3-9,15-16,18-21,23H,2,10-11H2,1H3/t15?,16-,18?,19-,20+/m1/s1. The molecule has 0 amide bonds. The normalized spacial score (nSPS) is 33.0. The van der Waals surface area contributed by atoms with Gasteiger partial charge in [0, 0.05) is 24.4 Å². The number of benzene rings is 2. The van der Waals surface area contributed by atoms with Gasteiger partial charge in [-0.2, -0.15) is 0 Å². The topological polar surface area (TPSA) is 49.3 Å². The Morgan fingerprint density at radius 1 is 1.17 bits per heavy atom. The number of nitrogens with one attached hydrogen (secondary N) is 1. The molecule has 0 spiro atoms. The quantitative estimate of drug-likeness (QED) is 0.916. The number of carbonyl (C=O) groups is 1. The summed E-state index contributed by atoms with van der Waals surface area (Å²) in [6, 6.07) is 15.1. The average molecular weight is 309 g/mol. The molecule has 2 N–H and O–H groups in total. The second-order valence-electron chi connectivity index (χ2n) is 6.99. The van der Waals surface area contributed by atoms with Crippen molar-refractivity contribution in [2.45, 2.75) is 50.3 Å². The molecule has 2 fully saturated rings. The zero-order valence-electron chi connectivity index (χ0n) is 13.4. The maximum atomic E-state index is 12.6. The SMILES string of the molecule is CCC(=O)[C@H]1[C@@H](c2ccc3ccccc3c2)CC2CC(O)[C@@H]1N2. The summed E-state index contributed by atoms with van der Waals surface area (Å²) in [5.41, 5.74) is 1.24. The van der Waals surface area contributed by atoms with E-state index in [4.69, 9.17) is 0 Å². The lowest BCUT2D eigenvalue weighted by molar-refractivity contribution is -0.125. The van der Waals surface area contributed by atoms with Gasteiger partial charge in [0.25, 0.3) is 0 Å². The maximum Gasteiger partial charge on any atom is 0.137 e. The van der Waals surface area contributed by atoms with Gasteiger partial charge in [-0.15, -0.1) is 0 Å². The van der Waals surface area contributed by atoms with Crippen molar-refractivity contribution in [1.29, 1.82) is 0 Å². The highest BCUT2D eigenvalue weighted by Gasteiger charge is 2.49. The lowest BCUT2D eigenvalue weighted by Crippen LogP contribution is -2.50. The first kappa shape index (κ1) is 14.9. The third-order valence-corrected chi connectivity index (χ3v) is 5.65. The third kappa shape index (κ3) is 2.48. The number of piperidine rings is 1. The smallest absolute Gasteiger partial charge is 0.137 e. The average Bonchev–Trinajstić information content (AvgIpc) is 2.88. The molecule has 2 unspecified atom stereocenters. The molecule has 3 nitrogen and oxygen atoms in total. The number of hydrogen-bond donors (Lipinski definition) is 2. The summed E-state index contributed by atoms with van der Waals surface area (Å²) in [6.07, 6.45) is 1.83. The lowest BCUT2D eigenvalue weighted by Gasteiger charge is -2.37. The van der Waals surface area contributed by atoms with Crippen LogP contribution in [-0.2, 0) is 4.79 Å². The number of aliphatic hydroxyl groups excluding tert-OH is 1. The monoisotopic (exact) mass is 309 g/mol. The second-order valence-corrected chi connectivity index (χ2v) is 6.99. The van der Waals surface area contributed by atoms with Crippen LogP contribution < -0.4 is 5.32 Å². The van der Waals surface area contributed by atoms with Crippen LogP contribution in [0.2, 0.25) is 0 Å². The van der Waals surface area contributed by atoms with Gasteiger partial charge in [0.15, 0.2) is 0 Å². The molecule has 3 heteroatoms. The van der Waals surface area contributed by atoms with Gasteiger partial charge in [0.1, 0.15) is 5.78 Å². The molecule has 0 saturated carbocycles. The van der Waals surface area contributed by atoms with Crippen LogP contribution >= 0.6 is 0 Å². The summed E-state index contributed by atoms with van der Waals surface area (Å²) in [6.45, 7) is 1.92. The summed E-state index contributed by atoms with van der Waals surface area (Å²) in [7, 11) is 0. The molecule has 0 aromatic heterocycles. The van der Waals surface area contributed by atoms with Gasteiger partial charge in [-0.1, -0.05) is 49.4 Å². The molecule has 2 aromatic carbocycles. The summed E-state index contributed by atoms with van der Waals surface area (Å²) in [5.74, 6) is 0.357. The van der Waals surface area contributed by atoms with Gasteiger partial charge in [-0.05, 0) is 35.1 Å². The minimum Gasteiger partial charge on any atom is -0.391 e. The molecule has 2 aliphatic heterocycles. The number of hydrogen-bond acceptors (Lipinski definition) is 3. The summed E-state index contributed by atoms with van der Waals surface area (Å²) in [5, 5.41) is 16.3. The van der Waals surface area contributed by atoms with Crippen molar-refractivity contribution in [3.8, 4) is 0 Å². The van der Waals surface area contributed by atoms with Crippen LogP contribution in [0.3, 0.4) is 0 Å². The van der Waals surface area contributed by atoms with Crippen LogP contribution in [0.1, 0.15) is 37.7 Å². The third-order valence-electron chi connectivity index (χ3n) is 5.65. The summed E-state index contributed by atoms with van der Waals surface area (Å²) < 4.78 is 0. The molecular formula is C20H23NO2. The van der Waals surface area contributed by atoms with Crippen LogP contribution in [-0.4, -0.2) is 29.1 Å². The van der Waals surface area contributed by atoms with Crippen molar-refractivity contribution in [3.05, 3.63) is 48.0 Å². The van der Waals surface area contributed by atoms with Gasteiger partial charge in [-0.3, -0.25) is 4.79 Å². The van der Waals surface area contributed by atoms with E-state index < -0.39 is 6.10 Å². The van der Waals surface area contributed by atoms with Crippen molar-refractivity contribution < 1.29 is 9.90 Å². The molecule has 2 aliphatic rings. The lowest BCUT2D eigenvalue weighted by atomic mass is 9.74. The number of carbonyl (C=O) groups excluding carboxylic acids is 1. The van der Waals surface area contributed by atoms with Crippen molar-refractivity contribution >= 4 is 16.6 Å². The number of fused-ring (bicyclic) bond motifs is 3. The van der Waals surface area contributed by atoms with Gasteiger partial charge in [0.2, 0.25) is 0 Å². The Hall–Kier alpha value is -1.71. The molecule has 23 heavy (non-hydrogen) atoms. The Morgan fingerprint density at radius 2 is 1.96 bits per heavy atom. The Bertz CT molecular complexity index is 741. The molecule has 0 radical (unpaired) electrons. The largest absolute Gasteiger partial charge is 0.391 e. The highest BCUT2D eigenvalue weighted by atomic mass is 16.3. The second kappa shape index (κ2) is 5.73. The van der Waals surface area contributed by atoms with E-state index in [-0.39, 0.29) is 23.7 Å². The molecule has 0 aliphatic carbocycles. The van der Waals surface area contributed by atoms with E-state index in [1.54, 1.807) is 0 Å². The molecule has 2 heterocycles. The Morgan fingerprint density at radius 3 is 2.74 bits per heavy atom. The zero-order valence-corrected chi connectivity index (χ0v) is 13.4. The Kier molecular flexibility index (Phi) is 3.70. The Labute approximate surface area is 136 Å². The van der Waals surface area contributed by atoms with Gasteiger partial charge in [-0.25, -0.2) is 0 Å². The van der Waals surface area contributed by atoms with E-state index in [0.29, 0.717) is 12.5 Å². The number of rotatable bonds is 3. The Balaban J connectivity index is 1.76. The van der Waals surface area contributed by atoms with E-state index in [1.807, 2.05) is 13.0 Å². The first-order valence-corrected chi connectivity index (χ1v) is 8.63. The minimum absolute atomic E-state index is 0.0855. The van der Waals surface area contributed by atoms with E-state index in [0.717, 1.165) is 12.8 Å². The maximum absolute atomic E-state index is 12.6. The number of ketones is 1. The fraction of sp³-hybridized carbons (Fsp3) is 0.450. The molecule has 2 aromatic rings. The minimum atomic E-state index is -0.397. The molecular weight excluding hydrogens is 286 g/mol. The van der Waals surface area contributed by atoms with Gasteiger partial charge in [0.05, 0.1) is 6.10 Å². The first-order valence-electron chi connectivity index (χ1n) is 8.63. The van der Waals surface area contributed by atoms with E-state index in [9.17, 15) is 9.90 Å². The first-order chi connectivity index (χ1) is 11.2. The predicted molar refractivity (Wildman–Crippen MR) is 91.4 cm³/mol. The van der Waals surface area contributed by atoms with Gasteiger partial charge < -0.3 is 10.4 Å². The number of aliphatic hydroxyl groups is 1. The summed E-state index contributed by atoms with van der Waals surface area (Å²) >= 11 is 0. The molecule has 2 bridgehead atoms. The van der Waals surface area contributed by atoms with E-state index in [1.165, 1.54) is 16.3 Å². The molecule has 5 atom stereocenters. The number of Topliss-reactive ketones (excluding diaryl/α,β-unsaturated/α-hetero) is 1. The van der Waals surface area contributed by atoms with Crippen molar-refractivity contribution in [2.24, 2.45) is 5.92 Å². The fourth-order valence-corrected chi connectivity index (χ4v) is 4.54. The van der Waals surface area contributed by atoms with Crippen LogP contribution in [0, 0.1) is 5.92 Å². The van der Waals surface area contributed by atoms with E-state index in [2.05, 4.69) is 41.7 Å². The highest BCUT2D eigenvalue weighted by Crippen LogP contribution is 2.43. The van der Waals surface area contributed by atoms with E-state index >= 15 is 0 Å². The predicted octanol–water partition coefficient (Wildman–Crippen LogP) is 3.01. The van der Waals surface area contributed by atoms with Crippen molar-refractivity contribution in [3.63, 3.8) is 0 Å². The van der Waals surface area contributed by atoms with Crippen LogP contribution in [0.15, 0.2) is 42.5 Å².